The summed E-state index contributed by atoms with van der Waals surface area (Å²) in [5.74, 6) is 1.79. The molecule has 0 amide bonds. The monoisotopic (exact) mass is 203 g/mol. The first-order chi connectivity index (χ1) is 7.35. The number of fused-ring (bicyclic) bond motifs is 1. The first-order valence-corrected chi connectivity index (χ1v) is 5.66. The minimum absolute atomic E-state index is 0.879. The van der Waals surface area contributed by atoms with E-state index >= 15 is 0 Å². The molecular weight excluding hydrogens is 187 g/mol. The molecular formula is C12H16BO2. The van der Waals surface area contributed by atoms with E-state index in [1.165, 1.54) is 18.8 Å². The zero-order valence-corrected chi connectivity index (χ0v) is 9.38. The van der Waals surface area contributed by atoms with Gasteiger partial charge in [0.1, 0.15) is 11.5 Å². The Morgan fingerprint density at radius 1 is 1.07 bits per heavy atom. The summed E-state index contributed by atoms with van der Waals surface area (Å²) in [6.45, 7) is 4.37. The summed E-state index contributed by atoms with van der Waals surface area (Å²) < 4.78 is 10.7. The van der Waals surface area contributed by atoms with E-state index in [2.05, 4.69) is 26.0 Å². The molecule has 0 saturated carbocycles. The van der Waals surface area contributed by atoms with Gasteiger partial charge in [0.2, 0.25) is 0 Å². The van der Waals surface area contributed by atoms with Crippen molar-refractivity contribution >= 4 is 7.69 Å². The van der Waals surface area contributed by atoms with Gasteiger partial charge in [-0.15, -0.1) is 0 Å². The first-order valence-electron chi connectivity index (χ1n) is 5.66. The lowest BCUT2D eigenvalue weighted by Crippen LogP contribution is -2.00. The Labute approximate surface area is 91.9 Å². The van der Waals surface area contributed by atoms with Gasteiger partial charge in [-0.25, -0.2) is 0 Å². The minimum Gasteiger partial charge on any atom is -0.524 e. The Hall–Kier alpha value is -1.12. The highest BCUT2D eigenvalue weighted by atomic mass is 16.6. The second-order valence-corrected chi connectivity index (χ2v) is 3.91. The van der Waals surface area contributed by atoms with Crippen molar-refractivity contribution < 1.29 is 9.31 Å². The number of hydrogen-bond acceptors (Lipinski definition) is 2. The van der Waals surface area contributed by atoms with E-state index in [9.17, 15) is 0 Å². The third-order valence-electron chi connectivity index (χ3n) is 2.59. The van der Waals surface area contributed by atoms with E-state index < -0.39 is 0 Å². The van der Waals surface area contributed by atoms with Crippen LogP contribution in [0.2, 0.25) is 0 Å². The van der Waals surface area contributed by atoms with Gasteiger partial charge in [-0.2, -0.15) is 0 Å². The number of aryl methyl sites for hydroxylation is 2. The summed E-state index contributed by atoms with van der Waals surface area (Å²) in [7, 11) is 1.42. The van der Waals surface area contributed by atoms with E-state index in [4.69, 9.17) is 9.31 Å². The molecule has 15 heavy (non-hydrogen) atoms. The number of benzene rings is 1. The van der Waals surface area contributed by atoms with Gasteiger partial charge in [0, 0.05) is 0 Å². The van der Waals surface area contributed by atoms with Crippen molar-refractivity contribution in [2.75, 3.05) is 0 Å². The average Bonchev–Trinajstić information content (AvgIpc) is 2.67. The van der Waals surface area contributed by atoms with Crippen LogP contribution in [0.3, 0.4) is 0 Å². The fourth-order valence-electron chi connectivity index (χ4n) is 1.96. The molecule has 1 heterocycles. The molecule has 0 fully saturated rings. The molecule has 0 N–H and O–H groups in total. The number of rotatable bonds is 4. The third-order valence-corrected chi connectivity index (χ3v) is 2.59. The van der Waals surface area contributed by atoms with E-state index in [0.29, 0.717) is 0 Å². The number of hydrogen-bond donors (Lipinski definition) is 0. The first kappa shape index (κ1) is 10.4. The van der Waals surface area contributed by atoms with Gasteiger partial charge >= 0.3 is 7.69 Å². The van der Waals surface area contributed by atoms with Gasteiger partial charge in [-0.05, 0) is 30.0 Å². The maximum Gasteiger partial charge on any atom is 0.658 e. The van der Waals surface area contributed by atoms with Crippen LogP contribution in [-0.4, -0.2) is 7.69 Å². The Kier molecular flexibility index (Phi) is 3.19. The lowest BCUT2D eigenvalue weighted by atomic mass is 10.0. The average molecular weight is 203 g/mol. The van der Waals surface area contributed by atoms with E-state index in [1.54, 1.807) is 0 Å². The maximum absolute atomic E-state index is 5.37. The summed E-state index contributed by atoms with van der Waals surface area (Å²) in [5.41, 5.74) is 2.62. The van der Waals surface area contributed by atoms with Crippen LogP contribution in [0.25, 0.3) is 0 Å². The van der Waals surface area contributed by atoms with Crippen LogP contribution in [0.4, 0.5) is 0 Å². The van der Waals surface area contributed by atoms with Gasteiger partial charge in [0.05, 0.1) is 0 Å². The fraction of sp³-hybridized carbons (Fsp3) is 0.500. The molecule has 3 heteroatoms. The van der Waals surface area contributed by atoms with Crippen LogP contribution >= 0.6 is 0 Å². The summed E-state index contributed by atoms with van der Waals surface area (Å²) in [5, 5.41) is 0. The molecule has 1 aliphatic rings. The Morgan fingerprint density at radius 2 is 1.87 bits per heavy atom. The zero-order chi connectivity index (χ0) is 10.7. The van der Waals surface area contributed by atoms with Crippen molar-refractivity contribution in [3.8, 4) is 11.5 Å². The standard InChI is InChI=1S/C12H16BO2/c1-3-5-9-7-10(6-4-2)12-11(8-9)14-13-15-12/h7-8H,3-6H2,1-2H3. The van der Waals surface area contributed by atoms with Crippen LogP contribution < -0.4 is 9.31 Å². The predicted octanol–water partition coefficient (Wildman–Crippen LogP) is 2.90. The van der Waals surface area contributed by atoms with Crippen molar-refractivity contribution in [2.24, 2.45) is 0 Å². The zero-order valence-electron chi connectivity index (χ0n) is 9.38. The van der Waals surface area contributed by atoms with E-state index in [-0.39, 0.29) is 0 Å². The summed E-state index contributed by atoms with van der Waals surface area (Å²) in [6.07, 6.45) is 4.45. The van der Waals surface area contributed by atoms with Crippen molar-refractivity contribution in [3.05, 3.63) is 23.3 Å². The molecule has 0 aromatic heterocycles. The molecule has 0 atom stereocenters. The quantitative estimate of drug-likeness (QED) is 0.700. The topological polar surface area (TPSA) is 18.5 Å². The predicted molar refractivity (Wildman–Crippen MR) is 61.4 cm³/mol. The molecule has 1 aromatic carbocycles. The maximum atomic E-state index is 5.37. The second kappa shape index (κ2) is 4.60. The van der Waals surface area contributed by atoms with Gasteiger partial charge in [0.25, 0.3) is 0 Å². The molecule has 0 aliphatic carbocycles. The van der Waals surface area contributed by atoms with Gasteiger partial charge in [-0.3, -0.25) is 0 Å². The Balaban J connectivity index is 2.34. The summed E-state index contributed by atoms with van der Waals surface area (Å²) >= 11 is 0. The SMILES string of the molecule is CCCc1cc(CCC)c2c(c1)O[B]O2. The Bertz CT molecular complexity index is 350. The molecule has 0 unspecified atom stereocenters. The summed E-state index contributed by atoms with van der Waals surface area (Å²) in [6, 6.07) is 4.33. The molecule has 1 radical (unpaired) electrons. The molecule has 0 bridgehead atoms. The highest BCUT2D eigenvalue weighted by Gasteiger charge is 2.20. The van der Waals surface area contributed by atoms with Gasteiger partial charge in [-0.1, -0.05) is 32.8 Å². The minimum atomic E-state index is 0.879. The molecule has 1 aromatic rings. The third kappa shape index (κ3) is 2.11. The van der Waals surface area contributed by atoms with Crippen molar-refractivity contribution in [1.82, 2.24) is 0 Å². The summed E-state index contributed by atoms with van der Waals surface area (Å²) in [4.78, 5) is 0. The normalized spacial score (nSPS) is 12.7. The van der Waals surface area contributed by atoms with Crippen molar-refractivity contribution in [3.63, 3.8) is 0 Å². The van der Waals surface area contributed by atoms with E-state index in [0.717, 1.165) is 37.2 Å². The van der Waals surface area contributed by atoms with Crippen molar-refractivity contribution in [2.45, 2.75) is 39.5 Å². The van der Waals surface area contributed by atoms with Crippen LogP contribution in [-0.2, 0) is 12.8 Å². The molecule has 79 valence electrons. The molecule has 0 saturated heterocycles. The lowest BCUT2D eigenvalue weighted by molar-refractivity contribution is 0.538. The van der Waals surface area contributed by atoms with Crippen LogP contribution in [0, 0.1) is 0 Å². The molecule has 1 aliphatic heterocycles. The lowest BCUT2D eigenvalue weighted by Gasteiger charge is -2.09. The molecule has 2 rings (SSSR count). The smallest absolute Gasteiger partial charge is 0.524 e. The van der Waals surface area contributed by atoms with Crippen LogP contribution in [0.15, 0.2) is 12.1 Å². The fourth-order valence-corrected chi connectivity index (χ4v) is 1.96. The molecule has 2 nitrogen and oxygen atoms in total. The van der Waals surface area contributed by atoms with Crippen LogP contribution in [0.1, 0.15) is 37.8 Å². The van der Waals surface area contributed by atoms with Gasteiger partial charge < -0.3 is 9.31 Å². The van der Waals surface area contributed by atoms with Crippen molar-refractivity contribution in [1.29, 1.82) is 0 Å². The highest BCUT2D eigenvalue weighted by molar-refractivity contribution is 6.23. The Morgan fingerprint density at radius 3 is 2.60 bits per heavy atom. The van der Waals surface area contributed by atoms with Crippen LogP contribution in [0.5, 0.6) is 11.5 Å². The highest BCUT2D eigenvalue weighted by Crippen LogP contribution is 2.37. The molecule has 0 spiro atoms. The van der Waals surface area contributed by atoms with Gasteiger partial charge in [0.15, 0.2) is 0 Å². The van der Waals surface area contributed by atoms with E-state index in [1.807, 2.05) is 0 Å². The second-order valence-electron chi connectivity index (χ2n) is 3.91. The largest absolute Gasteiger partial charge is 0.658 e.